The second kappa shape index (κ2) is 9.61. The summed E-state index contributed by atoms with van der Waals surface area (Å²) in [4.78, 5) is 16.7. The highest BCUT2D eigenvalue weighted by molar-refractivity contribution is 6.35. The van der Waals surface area contributed by atoms with E-state index in [0.29, 0.717) is 48.3 Å². The molecule has 0 unspecified atom stereocenters. The second-order valence-electron chi connectivity index (χ2n) is 6.55. The van der Waals surface area contributed by atoms with Crippen molar-refractivity contribution in [2.24, 2.45) is 0 Å². The molecule has 156 valence electrons. The monoisotopic (exact) mass is 444 g/mol. The molecular weight excluding hydrogens is 425 g/mol. The van der Waals surface area contributed by atoms with Gasteiger partial charge in [0.1, 0.15) is 0 Å². The lowest BCUT2D eigenvalue weighted by Crippen LogP contribution is -2.48. The summed E-state index contributed by atoms with van der Waals surface area (Å²) in [6.07, 6.45) is 0. The predicted octanol–water partition coefficient (Wildman–Crippen LogP) is 4.56. The van der Waals surface area contributed by atoms with Gasteiger partial charge in [-0.15, -0.1) is 0 Å². The van der Waals surface area contributed by atoms with Gasteiger partial charge in [0.05, 0.1) is 7.11 Å². The molecule has 9 heteroatoms. The summed E-state index contributed by atoms with van der Waals surface area (Å²) in [7, 11) is 1.34. The topological polar surface area (TPSA) is 42.0 Å². The number of hydrogen-bond acceptors (Lipinski definition) is 4. The van der Waals surface area contributed by atoms with E-state index >= 15 is 0 Å². The molecule has 1 heterocycles. The van der Waals surface area contributed by atoms with Crippen molar-refractivity contribution in [3.8, 4) is 11.5 Å². The largest absolute Gasteiger partial charge is 0.493 e. The molecule has 0 aliphatic carbocycles. The van der Waals surface area contributed by atoms with E-state index in [1.54, 1.807) is 17.0 Å². The molecule has 0 radical (unpaired) electrons. The molecule has 0 bridgehead atoms. The van der Waals surface area contributed by atoms with Gasteiger partial charge in [-0.05, 0) is 35.9 Å². The SMILES string of the molecule is COc1cc(C(=O)N2CCN(Cc3ccc(Cl)cc3Cl)CC2)ccc1OC(F)F. The van der Waals surface area contributed by atoms with Gasteiger partial charge in [0.15, 0.2) is 11.5 Å². The van der Waals surface area contributed by atoms with E-state index in [9.17, 15) is 13.6 Å². The Morgan fingerprint density at radius 2 is 1.79 bits per heavy atom. The minimum absolute atomic E-state index is 0.0900. The van der Waals surface area contributed by atoms with Crippen LogP contribution in [-0.2, 0) is 6.54 Å². The lowest BCUT2D eigenvalue weighted by atomic mass is 10.1. The molecule has 0 N–H and O–H groups in total. The van der Waals surface area contributed by atoms with Gasteiger partial charge in [-0.25, -0.2) is 0 Å². The number of alkyl halides is 2. The highest BCUT2D eigenvalue weighted by atomic mass is 35.5. The Hall–Kier alpha value is -2.09. The van der Waals surface area contributed by atoms with Gasteiger partial charge in [-0.1, -0.05) is 29.3 Å². The van der Waals surface area contributed by atoms with Gasteiger partial charge in [0.2, 0.25) is 0 Å². The number of methoxy groups -OCH3 is 1. The van der Waals surface area contributed by atoms with Crippen LogP contribution in [0.15, 0.2) is 36.4 Å². The van der Waals surface area contributed by atoms with Crippen LogP contribution in [0.4, 0.5) is 8.78 Å². The second-order valence-corrected chi connectivity index (χ2v) is 7.39. The van der Waals surface area contributed by atoms with Crippen LogP contribution in [0.3, 0.4) is 0 Å². The minimum atomic E-state index is -2.97. The summed E-state index contributed by atoms with van der Waals surface area (Å²) < 4.78 is 34.4. The third kappa shape index (κ3) is 5.50. The number of amides is 1. The smallest absolute Gasteiger partial charge is 0.387 e. The van der Waals surface area contributed by atoms with Gasteiger partial charge in [0.25, 0.3) is 5.91 Å². The van der Waals surface area contributed by atoms with Crippen molar-refractivity contribution in [3.63, 3.8) is 0 Å². The van der Waals surface area contributed by atoms with Gasteiger partial charge < -0.3 is 14.4 Å². The van der Waals surface area contributed by atoms with E-state index in [-0.39, 0.29) is 17.4 Å². The first-order valence-corrected chi connectivity index (χ1v) is 9.71. The van der Waals surface area contributed by atoms with E-state index in [1.807, 2.05) is 6.07 Å². The fraction of sp³-hybridized carbons (Fsp3) is 0.350. The summed E-state index contributed by atoms with van der Waals surface area (Å²) in [5, 5.41) is 1.21. The van der Waals surface area contributed by atoms with Gasteiger partial charge in [-0.2, -0.15) is 8.78 Å². The average molecular weight is 445 g/mol. The average Bonchev–Trinajstić information content (AvgIpc) is 2.70. The number of carbonyl (C=O) groups is 1. The van der Waals surface area contributed by atoms with Crippen molar-refractivity contribution in [1.29, 1.82) is 0 Å². The first-order valence-electron chi connectivity index (χ1n) is 8.96. The van der Waals surface area contributed by atoms with E-state index in [0.717, 1.165) is 5.56 Å². The normalized spacial score (nSPS) is 14.9. The van der Waals surface area contributed by atoms with Crippen molar-refractivity contribution < 1.29 is 23.0 Å². The first kappa shape index (κ1) is 21.6. The molecule has 1 amide bonds. The molecule has 3 rings (SSSR count). The Labute approximate surface area is 177 Å². The molecule has 2 aromatic carbocycles. The summed E-state index contributed by atoms with van der Waals surface area (Å²) in [5.74, 6) is -0.202. The van der Waals surface area contributed by atoms with E-state index < -0.39 is 6.61 Å². The van der Waals surface area contributed by atoms with E-state index in [4.69, 9.17) is 27.9 Å². The molecule has 0 atom stereocenters. The van der Waals surface area contributed by atoms with E-state index in [2.05, 4.69) is 9.64 Å². The number of halogens is 4. The van der Waals surface area contributed by atoms with Crippen molar-refractivity contribution in [1.82, 2.24) is 9.80 Å². The molecule has 29 heavy (non-hydrogen) atoms. The van der Waals surface area contributed by atoms with E-state index in [1.165, 1.54) is 25.3 Å². The van der Waals surface area contributed by atoms with Crippen LogP contribution in [0.2, 0.25) is 10.0 Å². The maximum atomic E-state index is 12.8. The maximum Gasteiger partial charge on any atom is 0.387 e. The van der Waals surface area contributed by atoms with Gasteiger partial charge in [-0.3, -0.25) is 9.69 Å². The zero-order chi connectivity index (χ0) is 21.0. The maximum absolute atomic E-state index is 12.8. The van der Waals surface area contributed by atoms with Crippen LogP contribution in [0.1, 0.15) is 15.9 Å². The summed E-state index contributed by atoms with van der Waals surface area (Å²) >= 11 is 12.2. The Morgan fingerprint density at radius 3 is 2.41 bits per heavy atom. The molecule has 1 aliphatic rings. The highest BCUT2D eigenvalue weighted by Crippen LogP contribution is 2.30. The summed E-state index contributed by atoms with van der Waals surface area (Å²) in [6, 6.07) is 9.61. The van der Waals surface area contributed by atoms with Crippen LogP contribution in [0.25, 0.3) is 0 Å². The molecule has 1 fully saturated rings. The molecule has 5 nitrogen and oxygen atoms in total. The summed E-state index contributed by atoms with van der Waals surface area (Å²) in [5.41, 5.74) is 1.34. The van der Waals surface area contributed by atoms with Crippen LogP contribution >= 0.6 is 23.2 Å². The number of rotatable bonds is 6. The third-order valence-electron chi connectivity index (χ3n) is 4.70. The first-order chi connectivity index (χ1) is 13.9. The Bertz CT molecular complexity index is 875. The minimum Gasteiger partial charge on any atom is -0.493 e. The van der Waals surface area contributed by atoms with Gasteiger partial charge in [0, 0.05) is 48.3 Å². The van der Waals surface area contributed by atoms with Gasteiger partial charge >= 0.3 is 6.61 Å². The Balaban J connectivity index is 1.61. The number of nitrogens with zero attached hydrogens (tertiary/aromatic N) is 2. The number of benzene rings is 2. The summed E-state index contributed by atoms with van der Waals surface area (Å²) in [6.45, 7) is 0.171. The predicted molar refractivity (Wildman–Crippen MR) is 107 cm³/mol. The lowest BCUT2D eigenvalue weighted by Gasteiger charge is -2.35. The fourth-order valence-corrected chi connectivity index (χ4v) is 3.64. The lowest BCUT2D eigenvalue weighted by molar-refractivity contribution is -0.0512. The number of ether oxygens (including phenoxy) is 2. The van der Waals surface area contributed by atoms with Crippen molar-refractivity contribution in [2.45, 2.75) is 13.2 Å². The van der Waals surface area contributed by atoms with Crippen molar-refractivity contribution >= 4 is 29.1 Å². The third-order valence-corrected chi connectivity index (χ3v) is 5.28. The quantitative estimate of drug-likeness (QED) is 0.654. The fourth-order valence-electron chi connectivity index (χ4n) is 3.18. The molecule has 1 aliphatic heterocycles. The molecular formula is C20H20Cl2F2N2O3. The Kier molecular flexibility index (Phi) is 7.16. The Morgan fingerprint density at radius 1 is 1.07 bits per heavy atom. The van der Waals surface area contributed by atoms with Crippen molar-refractivity contribution in [3.05, 3.63) is 57.6 Å². The van der Waals surface area contributed by atoms with Crippen LogP contribution < -0.4 is 9.47 Å². The molecule has 2 aromatic rings. The molecule has 0 saturated carbocycles. The van der Waals surface area contributed by atoms with Crippen LogP contribution in [0.5, 0.6) is 11.5 Å². The zero-order valence-corrected chi connectivity index (χ0v) is 17.2. The molecule has 0 aromatic heterocycles. The number of hydrogen-bond donors (Lipinski definition) is 0. The van der Waals surface area contributed by atoms with Crippen LogP contribution in [0, 0.1) is 0 Å². The molecule has 1 saturated heterocycles. The standard InChI is InChI=1S/C20H20Cl2F2N2O3/c1-28-18-10-13(3-5-17(18)29-20(23)24)19(27)26-8-6-25(7-9-26)12-14-2-4-15(21)11-16(14)22/h2-5,10-11,20H,6-9,12H2,1H3. The number of piperazine rings is 1. The number of carbonyl (C=O) groups excluding carboxylic acids is 1. The van der Waals surface area contributed by atoms with Crippen LogP contribution in [-0.4, -0.2) is 55.6 Å². The molecule has 0 spiro atoms. The highest BCUT2D eigenvalue weighted by Gasteiger charge is 2.24. The van der Waals surface area contributed by atoms with Crippen molar-refractivity contribution in [2.75, 3.05) is 33.3 Å². The zero-order valence-electron chi connectivity index (χ0n) is 15.7.